The fourth-order valence-electron chi connectivity index (χ4n) is 2.24. The number of nitrogens with two attached hydrogens (primary N) is 1. The van der Waals surface area contributed by atoms with Crippen molar-refractivity contribution in [1.82, 2.24) is 5.32 Å². The highest BCUT2D eigenvalue weighted by Crippen LogP contribution is 2.15. The molecule has 0 aliphatic heterocycles. The van der Waals surface area contributed by atoms with Crippen LogP contribution in [0.25, 0.3) is 0 Å². The molecule has 0 saturated carbocycles. The number of halogens is 1. The monoisotopic (exact) mass is 314 g/mol. The third kappa shape index (κ3) is 7.34. The molecule has 3 N–H and O–H groups in total. The molecule has 0 fully saturated rings. The second-order valence-corrected chi connectivity index (χ2v) is 6.01. The lowest BCUT2D eigenvalue weighted by molar-refractivity contribution is -0.125. The number of rotatable bonds is 7. The summed E-state index contributed by atoms with van der Waals surface area (Å²) >= 11 is 0. The van der Waals surface area contributed by atoms with Gasteiger partial charge in [-0.1, -0.05) is 31.5 Å². The molecule has 0 aliphatic carbocycles. The van der Waals surface area contributed by atoms with E-state index in [2.05, 4.69) is 19.2 Å². The molecule has 0 bridgehead atoms. The maximum atomic E-state index is 11.9. The standard InChI is InChI=1S/C16H26N2O2.ClH/c1-12(2)9-16(4,11-17)18-15(19)10-20-14-7-5-13(3)6-8-14;/h5-8,12H,9-11,17H2,1-4H3,(H,18,19);1H. The molecule has 0 radical (unpaired) electrons. The zero-order valence-electron chi connectivity index (χ0n) is 13.3. The Balaban J connectivity index is 0.00000400. The molecule has 4 nitrogen and oxygen atoms in total. The predicted molar refractivity (Wildman–Crippen MR) is 89.0 cm³/mol. The number of hydrogen-bond donors (Lipinski definition) is 2. The van der Waals surface area contributed by atoms with Crippen molar-refractivity contribution in [2.45, 2.75) is 39.7 Å². The SMILES string of the molecule is Cc1ccc(OCC(=O)NC(C)(CN)CC(C)C)cc1.Cl. The number of amides is 1. The second kappa shape index (κ2) is 8.90. The molecule has 1 aromatic rings. The van der Waals surface area contributed by atoms with Crippen molar-refractivity contribution in [3.63, 3.8) is 0 Å². The summed E-state index contributed by atoms with van der Waals surface area (Å²) in [7, 11) is 0. The van der Waals surface area contributed by atoms with Crippen LogP contribution in [-0.4, -0.2) is 24.6 Å². The van der Waals surface area contributed by atoms with Crippen molar-refractivity contribution < 1.29 is 9.53 Å². The molecule has 1 amide bonds. The summed E-state index contributed by atoms with van der Waals surface area (Å²) < 4.78 is 5.47. The van der Waals surface area contributed by atoms with E-state index in [4.69, 9.17) is 10.5 Å². The highest BCUT2D eigenvalue weighted by molar-refractivity contribution is 5.85. The van der Waals surface area contributed by atoms with Crippen molar-refractivity contribution in [3.8, 4) is 5.75 Å². The molecule has 1 aromatic carbocycles. The average molecular weight is 315 g/mol. The van der Waals surface area contributed by atoms with E-state index in [-0.39, 0.29) is 30.5 Å². The number of aryl methyl sites for hydroxylation is 1. The average Bonchev–Trinajstić information content (AvgIpc) is 2.37. The fraction of sp³-hybridized carbons (Fsp3) is 0.562. The number of ether oxygens (including phenoxy) is 1. The Morgan fingerprint density at radius 1 is 1.33 bits per heavy atom. The van der Waals surface area contributed by atoms with Crippen LogP contribution in [0.15, 0.2) is 24.3 Å². The van der Waals surface area contributed by atoms with Gasteiger partial charge in [0.25, 0.3) is 5.91 Å². The first-order valence-electron chi connectivity index (χ1n) is 7.05. The summed E-state index contributed by atoms with van der Waals surface area (Å²) in [6.07, 6.45) is 0.847. The lowest BCUT2D eigenvalue weighted by Gasteiger charge is -2.31. The van der Waals surface area contributed by atoms with Gasteiger partial charge in [-0.15, -0.1) is 12.4 Å². The summed E-state index contributed by atoms with van der Waals surface area (Å²) in [5.41, 5.74) is 6.56. The van der Waals surface area contributed by atoms with E-state index in [1.165, 1.54) is 0 Å². The van der Waals surface area contributed by atoms with Crippen LogP contribution < -0.4 is 15.8 Å². The Kier molecular flexibility index (Phi) is 8.37. The molecule has 0 spiro atoms. The molecule has 0 aromatic heterocycles. The van der Waals surface area contributed by atoms with E-state index in [0.29, 0.717) is 18.2 Å². The minimum atomic E-state index is -0.373. The Morgan fingerprint density at radius 2 is 1.90 bits per heavy atom. The molecule has 1 rings (SSSR count). The molecule has 0 heterocycles. The van der Waals surface area contributed by atoms with Gasteiger partial charge in [-0.25, -0.2) is 0 Å². The van der Waals surface area contributed by atoms with Crippen LogP contribution in [0.4, 0.5) is 0 Å². The van der Waals surface area contributed by atoms with Crippen molar-refractivity contribution >= 4 is 18.3 Å². The van der Waals surface area contributed by atoms with Crippen LogP contribution >= 0.6 is 12.4 Å². The molecular weight excluding hydrogens is 288 g/mol. The van der Waals surface area contributed by atoms with Gasteiger partial charge in [-0.05, 0) is 38.3 Å². The predicted octanol–water partition coefficient (Wildman–Crippen LogP) is 2.68. The lowest BCUT2D eigenvalue weighted by atomic mass is 9.91. The van der Waals surface area contributed by atoms with E-state index < -0.39 is 0 Å². The van der Waals surface area contributed by atoms with E-state index in [1.54, 1.807) is 0 Å². The smallest absolute Gasteiger partial charge is 0.258 e. The Hall–Kier alpha value is -1.26. The Morgan fingerprint density at radius 3 is 2.38 bits per heavy atom. The summed E-state index contributed by atoms with van der Waals surface area (Å²) in [6.45, 7) is 8.63. The summed E-state index contributed by atoms with van der Waals surface area (Å²) in [5, 5.41) is 2.97. The normalized spacial score (nSPS) is 13.2. The minimum Gasteiger partial charge on any atom is -0.484 e. The zero-order valence-corrected chi connectivity index (χ0v) is 14.1. The first kappa shape index (κ1) is 19.7. The van der Waals surface area contributed by atoms with Crippen LogP contribution in [-0.2, 0) is 4.79 Å². The van der Waals surface area contributed by atoms with Crippen LogP contribution in [0.2, 0.25) is 0 Å². The largest absolute Gasteiger partial charge is 0.484 e. The van der Waals surface area contributed by atoms with Crippen LogP contribution in [0.3, 0.4) is 0 Å². The minimum absolute atomic E-state index is 0. The molecule has 5 heteroatoms. The molecular formula is C16H27ClN2O2. The van der Waals surface area contributed by atoms with Gasteiger partial charge >= 0.3 is 0 Å². The lowest BCUT2D eigenvalue weighted by Crippen LogP contribution is -2.53. The third-order valence-electron chi connectivity index (χ3n) is 3.14. The summed E-state index contributed by atoms with van der Waals surface area (Å²) in [6, 6.07) is 7.63. The number of benzene rings is 1. The highest BCUT2D eigenvalue weighted by atomic mass is 35.5. The van der Waals surface area contributed by atoms with Gasteiger partial charge in [0, 0.05) is 12.1 Å². The Bertz CT molecular complexity index is 434. The quantitative estimate of drug-likeness (QED) is 0.813. The van der Waals surface area contributed by atoms with Gasteiger partial charge in [0.2, 0.25) is 0 Å². The summed E-state index contributed by atoms with van der Waals surface area (Å²) in [5.74, 6) is 1.03. The van der Waals surface area contributed by atoms with Gasteiger partial charge < -0.3 is 15.8 Å². The first-order chi connectivity index (χ1) is 9.34. The van der Waals surface area contributed by atoms with Gasteiger partial charge in [0.1, 0.15) is 5.75 Å². The Labute approximate surface area is 133 Å². The molecule has 1 unspecified atom stereocenters. The van der Waals surface area contributed by atoms with Crippen molar-refractivity contribution in [2.75, 3.05) is 13.2 Å². The topological polar surface area (TPSA) is 64.3 Å². The maximum absolute atomic E-state index is 11.9. The van der Waals surface area contributed by atoms with Crippen LogP contribution in [0.5, 0.6) is 5.75 Å². The van der Waals surface area contributed by atoms with Crippen LogP contribution in [0.1, 0.15) is 32.8 Å². The van der Waals surface area contributed by atoms with Gasteiger partial charge in [0.15, 0.2) is 6.61 Å². The zero-order chi connectivity index (χ0) is 15.2. The van der Waals surface area contributed by atoms with E-state index in [9.17, 15) is 4.79 Å². The number of carbonyl (C=O) groups excluding carboxylic acids is 1. The molecule has 21 heavy (non-hydrogen) atoms. The molecule has 0 saturated heterocycles. The number of carbonyl (C=O) groups is 1. The van der Waals surface area contributed by atoms with Crippen molar-refractivity contribution in [1.29, 1.82) is 0 Å². The molecule has 0 aliphatic rings. The highest BCUT2D eigenvalue weighted by Gasteiger charge is 2.25. The first-order valence-corrected chi connectivity index (χ1v) is 7.05. The van der Waals surface area contributed by atoms with E-state index >= 15 is 0 Å². The van der Waals surface area contributed by atoms with Crippen molar-refractivity contribution in [3.05, 3.63) is 29.8 Å². The van der Waals surface area contributed by atoms with Gasteiger partial charge in [0.05, 0.1) is 0 Å². The summed E-state index contributed by atoms with van der Waals surface area (Å²) in [4.78, 5) is 11.9. The third-order valence-corrected chi connectivity index (χ3v) is 3.14. The fourth-order valence-corrected chi connectivity index (χ4v) is 2.24. The molecule has 1 atom stereocenters. The second-order valence-electron chi connectivity index (χ2n) is 6.01. The van der Waals surface area contributed by atoms with Gasteiger partial charge in [-0.2, -0.15) is 0 Å². The van der Waals surface area contributed by atoms with E-state index in [1.807, 2.05) is 38.1 Å². The maximum Gasteiger partial charge on any atom is 0.258 e. The number of hydrogen-bond acceptors (Lipinski definition) is 3. The number of nitrogens with one attached hydrogen (secondary N) is 1. The van der Waals surface area contributed by atoms with E-state index in [0.717, 1.165) is 12.0 Å². The molecule has 120 valence electrons. The van der Waals surface area contributed by atoms with Crippen molar-refractivity contribution in [2.24, 2.45) is 11.7 Å². The van der Waals surface area contributed by atoms with Gasteiger partial charge in [-0.3, -0.25) is 4.79 Å². The van der Waals surface area contributed by atoms with Crippen LogP contribution in [0, 0.1) is 12.8 Å².